The Kier molecular flexibility index (Phi) is 5.47. The zero-order chi connectivity index (χ0) is 21.4. The summed E-state index contributed by atoms with van der Waals surface area (Å²) in [7, 11) is -2.33. The van der Waals surface area contributed by atoms with Crippen LogP contribution in [0.4, 0.5) is 5.82 Å². The maximum atomic E-state index is 12.2. The summed E-state index contributed by atoms with van der Waals surface area (Å²) in [5.41, 5.74) is 4.05. The van der Waals surface area contributed by atoms with Crippen molar-refractivity contribution in [1.29, 1.82) is 0 Å². The van der Waals surface area contributed by atoms with Crippen LogP contribution >= 0.6 is 10.6 Å². The van der Waals surface area contributed by atoms with E-state index in [1.54, 1.807) is 0 Å². The van der Waals surface area contributed by atoms with Crippen LogP contribution in [0.15, 0.2) is 42.6 Å². The number of amides is 1. The fourth-order valence-electron chi connectivity index (χ4n) is 4.09. The van der Waals surface area contributed by atoms with E-state index in [-0.39, 0.29) is 11.8 Å². The van der Waals surface area contributed by atoms with Gasteiger partial charge < -0.3 is 15.6 Å². The lowest BCUT2D eigenvalue weighted by Gasteiger charge is -2.39. The van der Waals surface area contributed by atoms with Gasteiger partial charge in [0, 0.05) is 41.6 Å². The number of anilines is 1. The van der Waals surface area contributed by atoms with Crippen LogP contribution in [0.25, 0.3) is 22.2 Å². The minimum atomic E-state index is -2.33. The Morgan fingerprint density at radius 3 is 2.55 bits per heavy atom. The van der Waals surface area contributed by atoms with E-state index in [2.05, 4.69) is 44.9 Å². The van der Waals surface area contributed by atoms with Gasteiger partial charge in [-0.3, -0.25) is 13.9 Å². The minimum Gasteiger partial charge on any atom is -0.346 e. The van der Waals surface area contributed by atoms with Crippen molar-refractivity contribution in [2.75, 3.05) is 16.8 Å². The molecule has 5 N–H and O–H groups in total. The van der Waals surface area contributed by atoms with Gasteiger partial charge in [-0.1, -0.05) is 24.3 Å². The molecular formula is C23H28N4O3S. The predicted octanol–water partition coefficient (Wildman–Crippen LogP) is 4.58. The van der Waals surface area contributed by atoms with Gasteiger partial charge in [0.2, 0.25) is 5.91 Å². The molecule has 31 heavy (non-hydrogen) atoms. The molecule has 1 saturated heterocycles. The van der Waals surface area contributed by atoms with Crippen LogP contribution in [-0.2, 0) is 11.3 Å². The van der Waals surface area contributed by atoms with Crippen molar-refractivity contribution in [2.24, 2.45) is 5.92 Å². The maximum Gasteiger partial charge on any atom is 0.228 e. The standard InChI is InChI=1S/C23H28N4O3S/c28-23(17-5-6-17)27-21-13-20(19-7-10-24-22(19)26-21)16-3-1-15(2-4-16)14-25-18-8-11-31(29,30)12-9-18/h1-4,7,10,13,17-18,25,29-30H,5-6,8-9,11-12,14H2,(H2,24,26,27,28). The van der Waals surface area contributed by atoms with Gasteiger partial charge in [-0.05, 0) is 54.5 Å². The van der Waals surface area contributed by atoms with Crippen molar-refractivity contribution in [3.8, 4) is 11.1 Å². The third-order valence-electron chi connectivity index (χ3n) is 6.17. The smallest absolute Gasteiger partial charge is 0.228 e. The number of carbonyl (C=O) groups is 1. The number of nitrogens with one attached hydrogen (secondary N) is 3. The first-order chi connectivity index (χ1) is 15.0. The third-order valence-corrected chi connectivity index (χ3v) is 7.95. The van der Waals surface area contributed by atoms with Gasteiger partial charge in [-0.15, -0.1) is 0 Å². The van der Waals surface area contributed by atoms with Crippen LogP contribution in [0.5, 0.6) is 0 Å². The van der Waals surface area contributed by atoms with Crippen molar-refractivity contribution >= 4 is 33.3 Å². The summed E-state index contributed by atoms with van der Waals surface area (Å²) in [4.78, 5) is 19.9. The molecule has 1 amide bonds. The lowest BCUT2D eigenvalue weighted by Crippen LogP contribution is -2.35. The van der Waals surface area contributed by atoms with E-state index in [0.717, 1.165) is 54.4 Å². The van der Waals surface area contributed by atoms with Crippen LogP contribution in [0.2, 0.25) is 0 Å². The lowest BCUT2D eigenvalue weighted by molar-refractivity contribution is -0.117. The molecular weight excluding hydrogens is 412 g/mol. The molecule has 0 spiro atoms. The highest BCUT2D eigenvalue weighted by Gasteiger charge is 2.30. The van der Waals surface area contributed by atoms with Crippen LogP contribution in [-0.4, -0.2) is 42.5 Å². The summed E-state index contributed by atoms with van der Waals surface area (Å²) in [6.45, 7) is 0.753. The lowest BCUT2D eigenvalue weighted by atomic mass is 10.0. The van der Waals surface area contributed by atoms with E-state index < -0.39 is 10.6 Å². The summed E-state index contributed by atoms with van der Waals surface area (Å²) >= 11 is 0. The van der Waals surface area contributed by atoms with Crippen molar-refractivity contribution in [3.05, 3.63) is 48.2 Å². The Balaban J connectivity index is 1.30. The highest BCUT2D eigenvalue weighted by molar-refractivity contribution is 8.24. The molecule has 2 aromatic heterocycles. The second-order valence-corrected chi connectivity index (χ2v) is 11.0. The SMILES string of the molecule is O=C(Nc1cc(-c2ccc(CNC3CCS(O)(O)CC3)cc2)c2cc[nH]c2n1)C1CC1. The molecule has 0 bridgehead atoms. The van der Waals surface area contributed by atoms with Crippen LogP contribution in [0, 0.1) is 5.92 Å². The number of hydrogen-bond donors (Lipinski definition) is 5. The summed E-state index contributed by atoms with van der Waals surface area (Å²) in [5, 5.41) is 7.52. The third kappa shape index (κ3) is 4.77. The Morgan fingerprint density at radius 2 is 1.84 bits per heavy atom. The summed E-state index contributed by atoms with van der Waals surface area (Å²) < 4.78 is 19.5. The number of aromatic amines is 1. The first-order valence-electron chi connectivity index (χ1n) is 10.8. The van der Waals surface area contributed by atoms with Crippen molar-refractivity contribution in [3.63, 3.8) is 0 Å². The van der Waals surface area contributed by atoms with E-state index in [1.807, 2.05) is 18.3 Å². The molecule has 0 atom stereocenters. The number of H-pyrrole nitrogens is 1. The van der Waals surface area contributed by atoms with Gasteiger partial charge in [0.05, 0.1) is 0 Å². The number of hydrogen-bond acceptors (Lipinski definition) is 5. The van der Waals surface area contributed by atoms with E-state index in [9.17, 15) is 13.9 Å². The monoisotopic (exact) mass is 440 g/mol. The maximum absolute atomic E-state index is 12.2. The Bertz CT molecular complexity index is 1080. The van der Waals surface area contributed by atoms with E-state index in [4.69, 9.17) is 0 Å². The normalized spacial score (nSPS) is 19.9. The van der Waals surface area contributed by atoms with Crippen LogP contribution in [0.1, 0.15) is 31.2 Å². The van der Waals surface area contributed by atoms with E-state index >= 15 is 0 Å². The molecule has 3 heterocycles. The largest absolute Gasteiger partial charge is 0.346 e. The first-order valence-corrected chi connectivity index (χ1v) is 12.7. The predicted molar refractivity (Wildman–Crippen MR) is 125 cm³/mol. The molecule has 0 radical (unpaired) electrons. The van der Waals surface area contributed by atoms with E-state index in [1.165, 1.54) is 5.56 Å². The zero-order valence-electron chi connectivity index (χ0n) is 17.3. The molecule has 8 heteroatoms. The Hall–Kier alpha value is -2.39. The second-order valence-electron chi connectivity index (χ2n) is 8.62. The fourth-order valence-corrected chi connectivity index (χ4v) is 5.62. The van der Waals surface area contributed by atoms with Gasteiger partial charge in [0.1, 0.15) is 11.5 Å². The van der Waals surface area contributed by atoms with Gasteiger partial charge in [-0.2, -0.15) is 10.6 Å². The topological polar surface area (TPSA) is 110 Å². The van der Waals surface area contributed by atoms with Crippen LogP contribution in [0.3, 0.4) is 0 Å². The Morgan fingerprint density at radius 1 is 1.10 bits per heavy atom. The molecule has 3 aromatic rings. The van der Waals surface area contributed by atoms with Gasteiger partial charge in [0.15, 0.2) is 0 Å². The number of fused-ring (bicyclic) bond motifs is 1. The molecule has 7 nitrogen and oxygen atoms in total. The molecule has 1 saturated carbocycles. The number of carbonyl (C=O) groups excluding carboxylic acids is 1. The van der Waals surface area contributed by atoms with Gasteiger partial charge in [-0.25, -0.2) is 4.98 Å². The average Bonchev–Trinajstić information content (AvgIpc) is 3.51. The molecule has 2 aliphatic rings. The molecule has 1 aliphatic heterocycles. The Labute approximate surface area is 183 Å². The molecule has 1 aliphatic carbocycles. The number of pyridine rings is 1. The molecule has 1 aromatic carbocycles. The first kappa shape index (κ1) is 20.5. The fraction of sp³-hybridized carbons (Fsp3) is 0.391. The summed E-state index contributed by atoms with van der Waals surface area (Å²) in [5.74, 6) is 1.76. The van der Waals surface area contributed by atoms with Gasteiger partial charge >= 0.3 is 0 Å². The minimum absolute atomic E-state index is 0.0507. The van der Waals surface area contributed by atoms with Gasteiger partial charge in [0.25, 0.3) is 0 Å². The zero-order valence-corrected chi connectivity index (χ0v) is 18.1. The number of rotatable bonds is 6. The van der Waals surface area contributed by atoms with E-state index in [0.29, 0.717) is 23.4 Å². The summed E-state index contributed by atoms with van der Waals surface area (Å²) in [6, 6.07) is 12.7. The molecule has 164 valence electrons. The molecule has 2 fully saturated rings. The number of nitrogens with zero attached hydrogens (tertiary/aromatic N) is 1. The van der Waals surface area contributed by atoms with Crippen molar-refractivity contribution in [2.45, 2.75) is 38.3 Å². The number of aromatic nitrogens is 2. The second kappa shape index (κ2) is 8.27. The summed E-state index contributed by atoms with van der Waals surface area (Å²) in [6.07, 6.45) is 5.39. The van der Waals surface area contributed by atoms with Crippen molar-refractivity contribution in [1.82, 2.24) is 15.3 Å². The highest BCUT2D eigenvalue weighted by atomic mass is 32.3. The quantitative estimate of drug-likeness (QED) is 0.385. The molecule has 0 unspecified atom stereocenters. The molecule has 5 rings (SSSR count). The van der Waals surface area contributed by atoms with Crippen LogP contribution < -0.4 is 10.6 Å². The average molecular weight is 441 g/mol. The van der Waals surface area contributed by atoms with Crippen molar-refractivity contribution < 1.29 is 13.9 Å². The highest BCUT2D eigenvalue weighted by Crippen LogP contribution is 2.43. The number of benzene rings is 1.